The lowest BCUT2D eigenvalue weighted by Crippen LogP contribution is -2.22. The number of methoxy groups -OCH3 is 1. The molecule has 0 saturated heterocycles. The molecule has 0 N–H and O–H groups in total. The Kier molecular flexibility index (Phi) is 4.39. The number of ether oxygens (including phenoxy) is 3. The molecule has 1 aliphatic heterocycles. The zero-order chi connectivity index (χ0) is 15.4. The Balaban J connectivity index is 1.88. The molecule has 0 saturated carbocycles. The van der Waals surface area contributed by atoms with Crippen molar-refractivity contribution in [3.63, 3.8) is 0 Å². The Bertz CT molecular complexity index is 655. The second-order valence-electron chi connectivity index (χ2n) is 5.22. The van der Waals surface area contributed by atoms with Gasteiger partial charge in [-0.2, -0.15) is 0 Å². The van der Waals surface area contributed by atoms with Crippen LogP contribution in [0.2, 0.25) is 0 Å². The van der Waals surface area contributed by atoms with Crippen LogP contribution in [0.4, 0.5) is 0 Å². The van der Waals surface area contributed by atoms with E-state index in [1.54, 1.807) is 19.3 Å². The lowest BCUT2D eigenvalue weighted by Gasteiger charge is -2.19. The predicted octanol–water partition coefficient (Wildman–Crippen LogP) is 2.90. The Morgan fingerprint density at radius 3 is 2.64 bits per heavy atom. The molecule has 0 fully saturated rings. The fraction of sp³-hybridized carbons (Fsp3) is 0.278. The van der Waals surface area contributed by atoms with Crippen molar-refractivity contribution in [2.75, 3.05) is 13.7 Å². The van der Waals surface area contributed by atoms with Crippen molar-refractivity contribution in [3.8, 4) is 0 Å². The summed E-state index contributed by atoms with van der Waals surface area (Å²) in [5.41, 5.74) is 2.90. The lowest BCUT2D eigenvalue weighted by atomic mass is 9.99. The predicted molar refractivity (Wildman–Crippen MR) is 81.7 cm³/mol. The van der Waals surface area contributed by atoms with Crippen molar-refractivity contribution in [3.05, 3.63) is 71.0 Å². The summed E-state index contributed by atoms with van der Waals surface area (Å²) >= 11 is 0. The van der Waals surface area contributed by atoms with Crippen molar-refractivity contribution in [1.29, 1.82) is 0 Å². The number of fused-ring (bicyclic) bond motifs is 2. The highest BCUT2D eigenvalue weighted by atomic mass is 16.5. The SMILES string of the molecule is COC1=CC=C2COCc3ccccc3COC(=O)C2C=C1. The van der Waals surface area contributed by atoms with E-state index in [2.05, 4.69) is 0 Å². The van der Waals surface area contributed by atoms with Crippen LogP contribution in [-0.4, -0.2) is 19.7 Å². The number of benzene rings is 1. The summed E-state index contributed by atoms with van der Waals surface area (Å²) in [6.45, 7) is 1.15. The van der Waals surface area contributed by atoms with Gasteiger partial charge in [-0.15, -0.1) is 0 Å². The van der Waals surface area contributed by atoms with Gasteiger partial charge in [0.05, 0.1) is 26.2 Å². The van der Waals surface area contributed by atoms with Crippen LogP contribution in [0.3, 0.4) is 0 Å². The van der Waals surface area contributed by atoms with E-state index in [9.17, 15) is 4.79 Å². The molecule has 0 spiro atoms. The van der Waals surface area contributed by atoms with Crippen molar-refractivity contribution < 1.29 is 19.0 Å². The summed E-state index contributed by atoms with van der Waals surface area (Å²) in [5, 5.41) is 0. The molecule has 114 valence electrons. The van der Waals surface area contributed by atoms with Crippen molar-refractivity contribution in [1.82, 2.24) is 0 Å². The summed E-state index contributed by atoms with van der Waals surface area (Å²) < 4.78 is 16.5. The molecule has 0 aromatic heterocycles. The van der Waals surface area contributed by atoms with E-state index < -0.39 is 5.92 Å². The Labute approximate surface area is 129 Å². The van der Waals surface area contributed by atoms with Gasteiger partial charge in [-0.05, 0) is 28.9 Å². The van der Waals surface area contributed by atoms with Crippen molar-refractivity contribution in [2.45, 2.75) is 13.2 Å². The molecule has 2 aliphatic rings. The summed E-state index contributed by atoms with van der Waals surface area (Å²) in [6.07, 6.45) is 7.29. The number of hydrogen-bond acceptors (Lipinski definition) is 4. The van der Waals surface area contributed by atoms with Crippen molar-refractivity contribution >= 4 is 5.97 Å². The molecule has 1 heterocycles. The van der Waals surface area contributed by atoms with E-state index in [4.69, 9.17) is 14.2 Å². The second-order valence-corrected chi connectivity index (χ2v) is 5.22. The normalized spacial score (nSPS) is 21.5. The van der Waals surface area contributed by atoms with Crippen LogP contribution in [0.1, 0.15) is 11.1 Å². The molecule has 0 amide bonds. The molecule has 1 unspecified atom stereocenters. The molecule has 0 radical (unpaired) electrons. The van der Waals surface area contributed by atoms with Crippen LogP contribution >= 0.6 is 0 Å². The van der Waals surface area contributed by atoms with E-state index in [0.717, 1.165) is 16.7 Å². The number of cyclic esters (lactones) is 1. The fourth-order valence-corrected chi connectivity index (χ4v) is 2.52. The summed E-state index contributed by atoms with van der Waals surface area (Å²) in [6, 6.07) is 7.84. The summed E-state index contributed by atoms with van der Waals surface area (Å²) in [5.74, 6) is -0.00586. The first-order valence-corrected chi connectivity index (χ1v) is 7.22. The van der Waals surface area contributed by atoms with Gasteiger partial charge < -0.3 is 14.2 Å². The third-order valence-electron chi connectivity index (χ3n) is 3.82. The minimum atomic E-state index is -0.436. The van der Waals surface area contributed by atoms with Crippen LogP contribution in [0.25, 0.3) is 0 Å². The van der Waals surface area contributed by atoms with Gasteiger partial charge in [0, 0.05) is 0 Å². The summed E-state index contributed by atoms with van der Waals surface area (Å²) in [4.78, 5) is 12.4. The van der Waals surface area contributed by atoms with Crippen LogP contribution in [-0.2, 0) is 32.2 Å². The molecule has 22 heavy (non-hydrogen) atoms. The van der Waals surface area contributed by atoms with Gasteiger partial charge in [-0.1, -0.05) is 36.4 Å². The van der Waals surface area contributed by atoms with Crippen LogP contribution < -0.4 is 0 Å². The highest BCUT2D eigenvalue weighted by molar-refractivity contribution is 5.78. The lowest BCUT2D eigenvalue weighted by molar-refractivity contribution is -0.147. The van der Waals surface area contributed by atoms with E-state index >= 15 is 0 Å². The summed E-state index contributed by atoms with van der Waals surface area (Å²) in [7, 11) is 1.60. The maximum absolute atomic E-state index is 12.4. The quantitative estimate of drug-likeness (QED) is 0.748. The van der Waals surface area contributed by atoms with E-state index in [1.165, 1.54) is 0 Å². The van der Waals surface area contributed by atoms with Gasteiger partial charge in [0.2, 0.25) is 0 Å². The molecule has 0 bridgehead atoms. The van der Waals surface area contributed by atoms with Gasteiger partial charge in [0.1, 0.15) is 12.4 Å². The molecule has 1 aliphatic carbocycles. The Hall–Kier alpha value is -2.33. The number of carbonyl (C=O) groups is 1. The van der Waals surface area contributed by atoms with E-state index in [1.807, 2.05) is 36.4 Å². The van der Waals surface area contributed by atoms with Gasteiger partial charge in [-0.25, -0.2) is 0 Å². The largest absolute Gasteiger partial charge is 0.497 e. The number of hydrogen-bond donors (Lipinski definition) is 0. The topological polar surface area (TPSA) is 44.8 Å². The number of carbonyl (C=O) groups excluding carboxylic acids is 1. The van der Waals surface area contributed by atoms with Gasteiger partial charge in [0.25, 0.3) is 0 Å². The molecule has 4 heteroatoms. The highest BCUT2D eigenvalue weighted by Gasteiger charge is 2.24. The second kappa shape index (κ2) is 6.62. The number of allylic oxidation sites excluding steroid dienone is 3. The first-order valence-electron chi connectivity index (χ1n) is 7.22. The molecule has 1 aromatic carbocycles. The zero-order valence-electron chi connectivity index (χ0n) is 12.5. The van der Waals surface area contributed by atoms with Crippen LogP contribution in [0, 0.1) is 5.92 Å². The van der Waals surface area contributed by atoms with Crippen LogP contribution in [0.5, 0.6) is 0 Å². The van der Waals surface area contributed by atoms with Crippen molar-refractivity contribution in [2.24, 2.45) is 5.92 Å². The monoisotopic (exact) mass is 298 g/mol. The van der Waals surface area contributed by atoms with Gasteiger partial charge >= 0.3 is 5.97 Å². The fourth-order valence-electron chi connectivity index (χ4n) is 2.52. The number of esters is 1. The average molecular weight is 298 g/mol. The van der Waals surface area contributed by atoms with Gasteiger partial charge in [0.15, 0.2) is 0 Å². The maximum Gasteiger partial charge on any atom is 0.317 e. The third-order valence-corrected chi connectivity index (χ3v) is 3.82. The first-order chi connectivity index (χ1) is 10.8. The molecular formula is C18H18O4. The minimum absolute atomic E-state index is 0.264. The van der Waals surface area contributed by atoms with Gasteiger partial charge in [-0.3, -0.25) is 4.79 Å². The molecule has 1 atom stereocenters. The molecule has 1 aromatic rings. The molecule has 3 rings (SSSR count). The third kappa shape index (κ3) is 3.12. The first kappa shape index (κ1) is 14.6. The molecular weight excluding hydrogens is 280 g/mol. The maximum atomic E-state index is 12.4. The smallest absolute Gasteiger partial charge is 0.317 e. The standard InChI is InChI=1S/C18H18O4/c1-20-16-7-6-15-11-21-10-13-4-2-3-5-14(13)12-22-18(19)17(15)9-8-16/h2-9,17H,10-12H2,1H3. The van der Waals surface area contributed by atoms with E-state index in [-0.39, 0.29) is 12.6 Å². The van der Waals surface area contributed by atoms with E-state index in [0.29, 0.717) is 19.0 Å². The average Bonchev–Trinajstić information content (AvgIpc) is 2.76. The van der Waals surface area contributed by atoms with Crippen LogP contribution in [0.15, 0.2) is 59.9 Å². The highest BCUT2D eigenvalue weighted by Crippen LogP contribution is 2.23. The minimum Gasteiger partial charge on any atom is -0.497 e. The zero-order valence-corrected chi connectivity index (χ0v) is 12.5. The Morgan fingerprint density at radius 1 is 1.09 bits per heavy atom. The Morgan fingerprint density at radius 2 is 1.86 bits per heavy atom. The number of rotatable bonds is 1. The molecule has 4 nitrogen and oxygen atoms in total.